The number of nitriles is 1. The summed E-state index contributed by atoms with van der Waals surface area (Å²) in [7, 11) is 3.10. The molecular formula is C5H10LiNO2S. The monoisotopic (exact) mass is 155 g/mol. The van der Waals surface area contributed by atoms with E-state index in [1.54, 1.807) is 14.2 Å². The zero-order valence-corrected chi connectivity index (χ0v) is 6.27. The zero-order chi connectivity index (χ0) is 7.11. The van der Waals surface area contributed by atoms with Gasteiger partial charge in [-0.25, -0.2) is 0 Å². The van der Waals surface area contributed by atoms with Crippen LogP contribution in [0.2, 0.25) is 0 Å². The van der Waals surface area contributed by atoms with E-state index in [-0.39, 0.29) is 25.2 Å². The van der Waals surface area contributed by atoms with Crippen molar-refractivity contribution in [2.24, 2.45) is 0 Å². The van der Waals surface area contributed by atoms with Crippen LogP contribution in [0.3, 0.4) is 0 Å². The van der Waals surface area contributed by atoms with E-state index in [0.717, 1.165) is 11.8 Å². The minimum atomic E-state index is -0.255. The maximum absolute atomic E-state index is 8.11. The predicted octanol–water partition coefficient (Wildman–Crippen LogP) is 0.171. The number of methoxy groups -OCH3 is 2. The first-order valence-corrected chi connectivity index (χ1v) is 3.40. The van der Waals surface area contributed by atoms with Gasteiger partial charge in [0.15, 0.2) is 6.29 Å². The molecule has 0 unspecified atom stereocenters. The van der Waals surface area contributed by atoms with Crippen LogP contribution < -0.4 is 0 Å². The summed E-state index contributed by atoms with van der Waals surface area (Å²) in [4.78, 5) is 0. The average molecular weight is 155 g/mol. The Morgan fingerprint density at radius 3 is 2.30 bits per heavy atom. The molecule has 0 aliphatic heterocycles. The van der Waals surface area contributed by atoms with Crippen molar-refractivity contribution in [2.75, 3.05) is 20.0 Å². The van der Waals surface area contributed by atoms with Crippen LogP contribution in [0.15, 0.2) is 0 Å². The van der Waals surface area contributed by atoms with E-state index < -0.39 is 0 Å². The fourth-order valence-electron chi connectivity index (χ4n) is 0.338. The van der Waals surface area contributed by atoms with E-state index in [2.05, 4.69) is 0 Å². The molecule has 0 heterocycles. The number of hydrogen-bond donors (Lipinski definition) is 0. The number of hydrogen-bond acceptors (Lipinski definition) is 4. The van der Waals surface area contributed by atoms with Gasteiger partial charge in [-0.05, 0) is 11.8 Å². The van der Waals surface area contributed by atoms with Crippen molar-refractivity contribution in [1.82, 2.24) is 0 Å². The van der Waals surface area contributed by atoms with Crippen molar-refractivity contribution in [1.29, 1.82) is 5.26 Å². The number of thioether (sulfide) groups is 1. The summed E-state index contributed by atoms with van der Waals surface area (Å²) in [6.45, 7) is 0. The Hall–Kier alpha value is 0.357. The van der Waals surface area contributed by atoms with Gasteiger partial charge in [-0.15, -0.1) is 0 Å². The molecule has 0 bridgehead atoms. The van der Waals surface area contributed by atoms with Crippen LogP contribution >= 0.6 is 11.8 Å². The van der Waals surface area contributed by atoms with Crippen LogP contribution in [0.25, 0.3) is 0 Å². The Morgan fingerprint density at radius 1 is 1.50 bits per heavy atom. The van der Waals surface area contributed by atoms with Gasteiger partial charge in [0.05, 0.1) is 5.75 Å². The van der Waals surface area contributed by atoms with Crippen LogP contribution in [0.4, 0.5) is 0 Å². The molecule has 0 aliphatic rings. The van der Waals surface area contributed by atoms with E-state index in [1.165, 1.54) is 0 Å². The Kier molecular flexibility index (Phi) is 12.1. The van der Waals surface area contributed by atoms with Gasteiger partial charge < -0.3 is 9.47 Å². The first-order valence-electron chi connectivity index (χ1n) is 2.41. The number of nitrogens with zero attached hydrogens (tertiary/aromatic N) is 1. The average Bonchev–Trinajstić information content (AvgIpc) is 1.91. The van der Waals surface area contributed by atoms with E-state index in [9.17, 15) is 0 Å². The quantitative estimate of drug-likeness (QED) is 0.330. The summed E-state index contributed by atoms with van der Waals surface area (Å²) in [5, 5.41) is 10.0. The molecule has 0 aliphatic carbocycles. The number of thiocyanates is 1. The summed E-state index contributed by atoms with van der Waals surface area (Å²) in [5.41, 5.74) is 0. The second-order valence-electron chi connectivity index (χ2n) is 1.30. The third kappa shape index (κ3) is 6.48. The zero-order valence-electron chi connectivity index (χ0n) is 5.46. The molecule has 3 nitrogen and oxygen atoms in total. The van der Waals surface area contributed by atoms with Crippen molar-refractivity contribution < 1.29 is 9.47 Å². The van der Waals surface area contributed by atoms with Crippen LogP contribution in [-0.4, -0.2) is 45.1 Å². The second kappa shape index (κ2) is 9.36. The van der Waals surface area contributed by atoms with E-state index >= 15 is 0 Å². The molecule has 0 atom stereocenters. The van der Waals surface area contributed by atoms with Crippen molar-refractivity contribution in [3.05, 3.63) is 0 Å². The summed E-state index contributed by atoms with van der Waals surface area (Å²) in [6.07, 6.45) is -0.255. The number of ether oxygens (including phenoxy) is 2. The minimum absolute atomic E-state index is 0. The summed E-state index contributed by atoms with van der Waals surface area (Å²) >= 11 is 1.12. The SMILES string of the molecule is COC(CSC#N)OC.[LiH]. The fraction of sp³-hybridized carbons (Fsp3) is 0.800. The standard InChI is InChI=1S/C5H9NO2S.Li.H/c1-7-5(8-2)3-9-4-6;;/h5H,3H2,1-2H3;;. The molecule has 54 valence electrons. The molecule has 0 saturated carbocycles. The van der Waals surface area contributed by atoms with Crippen LogP contribution in [0.1, 0.15) is 0 Å². The van der Waals surface area contributed by atoms with Crippen molar-refractivity contribution in [2.45, 2.75) is 6.29 Å². The Morgan fingerprint density at radius 2 is 2.00 bits per heavy atom. The summed E-state index contributed by atoms with van der Waals surface area (Å²) in [5.74, 6) is 0.559. The molecule has 0 aromatic rings. The second-order valence-corrected chi connectivity index (χ2v) is 2.11. The van der Waals surface area contributed by atoms with Gasteiger partial charge in [0.25, 0.3) is 0 Å². The molecule has 0 fully saturated rings. The molecule has 0 radical (unpaired) electrons. The summed E-state index contributed by atoms with van der Waals surface area (Å²) in [6, 6.07) is 0. The van der Waals surface area contributed by atoms with Gasteiger partial charge in [-0.3, -0.25) is 0 Å². The molecule has 0 amide bonds. The van der Waals surface area contributed by atoms with Gasteiger partial charge in [0.2, 0.25) is 0 Å². The van der Waals surface area contributed by atoms with Gasteiger partial charge >= 0.3 is 18.9 Å². The normalized spacial score (nSPS) is 8.60. The van der Waals surface area contributed by atoms with Crippen molar-refractivity contribution in [3.8, 4) is 5.40 Å². The molecule has 0 aromatic heterocycles. The predicted molar refractivity (Wildman–Crippen MR) is 43.0 cm³/mol. The van der Waals surface area contributed by atoms with Gasteiger partial charge in [-0.2, -0.15) is 5.26 Å². The Bertz CT molecular complexity index is 102. The molecule has 0 aromatic carbocycles. The van der Waals surface area contributed by atoms with Gasteiger partial charge in [0.1, 0.15) is 5.40 Å². The topological polar surface area (TPSA) is 42.2 Å². The van der Waals surface area contributed by atoms with Gasteiger partial charge in [0, 0.05) is 14.2 Å². The molecule has 5 heteroatoms. The molecule has 0 N–H and O–H groups in total. The van der Waals surface area contributed by atoms with E-state index in [4.69, 9.17) is 14.7 Å². The molecule has 0 spiro atoms. The summed E-state index contributed by atoms with van der Waals surface area (Å²) < 4.78 is 9.61. The molecule has 10 heavy (non-hydrogen) atoms. The van der Waals surface area contributed by atoms with Crippen LogP contribution in [0.5, 0.6) is 0 Å². The van der Waals surface area contributed by atoms with Gasteiger partial charge in [-0.1, -0.05) is 0 Å². The third-order valence-electron chi connectivity index (χ3n) is 0.810. The first kappa shape index (κ1) is 13.0. The number of rotatable bonds is 4. The maximum atomic E-state index is 8.11. The molecular weight excluding hydrogens is 145 g/mol. The Labute approximate surface area is 77.2 Å². The van der Waals surface area contributed by atoms with E-state index in [1.807, 2.05) is 5.40 Å². The van der Waals surface area contributed by atoms with Crippen LogP contribution in [0, 0.1) is 10.7 Å². The van der Waals surface area contributed by atoms with Crippen molar-refractivity contribution in [3.63, 3.8) is 0 Å². The van der Waals surface area contributed by atoms with Crippen LogP contribution in [-0.2, 0) is 9.47 Å². The van der Waals surface area contributed by atoms with Crippen molar-refractivity contribution >= 4 is 30.6 Å². The third-order valence-corrected chi connectivity index (χ3v) is 1.38. The molecule has 0 rings (SSSR count). The van der Waals surface area contributed by atoms with E-state index in [0.29, 0.717) is 5.75 Å². The first-order chi connectivity index (χ1) is 4.35. The fourth-order valence-corrected chi connectivity index (χ4v) is 0.820. The Balaban J connectivity index is 0. The molecule has 0 saturated heterocycles.